The predicted octanol–water partition coefficient (Wildman–Crippen LogP) is 1.06. The number of hydrogen-bond acceptors (Lipinski definition) is 4. The minimum atomic E-state index is -0.285. The maximum Gasteiger partial charge on any atom is 0.328 e. The van der Waals surface area contributed by atoms with Gasteiger partial charge in [-0.3, -0.25) is 15.2 Å². The first kappa shape index (κ1) is 8.49. The zero-order chi connectivity index (χ0) is 9.80. The topological polar surface area (TPSA) is 70.7 Å². The number of rotatable bonds is 1. The highest BCUT2D eigenvalue weighted by atomic mass is 16.5. The Morgan fingerprint density at radius 3 is 3.21 bits per heavy atom. The summed E-state index contributed by atoms with van der Waals surface area (Å²) < 4.78 is 4.57. The van der Waals surface area contributed by atoms with Gasteiger partial charge in [0.25, 0.3) is 0 Å². The van der Waals surface area contributed by atoms with Crippen molar-refractivity contribution < 1.29 is 9.32 Å². The van der Waals surface area contributed by atoms with Crippen LogP contribution >= 0.6 is 0 Å². The Labute approximate surface area is 79.9 Å². The molecule has 2 heterocycles. The standard InChI is InChI=1S/C8H8N4O2/c13-8(10-7-2-5-14-11-7)12-4-1-3-9-6-12/h1-5H,6H2,(H,10,11,13). The second-order valence-corrected chi connectivity index (χ2v) is 2.60. The largest absolute Gasteiger partial charge is 0.363 e. The highest BCUT2D eigenvalue weighted by Crippen LogP contribution is 2.04. The van der Waals surface area contributed by atoms with E-state index in [0.717, 1.165) is 0 Å². The lowest BCUT2D eigenvalue weighted by Gasteiger charge is -2.17. The fourth-order valence-corrected chi connectivity index (χ4v) is 0.976. The first-order valence-corrected chi connectivity index (χ1v) is 4.01. The number of urea groups is 1. The van der Waals surface area contributed by atoms with Gasteiger partial charge in [-0.25, -0.2) is 4.79 Å². The quantitative estimate of drug-likeness (QED) is 0.723. The molecule has 1 aromatic heterocycles. The molecule has 0 radical (unpaired) electrons. The molecule has 0 spiro atoms. The van der Waals surface area contributed by atoms with Gasteiger partial charge in [0.05, 0.1) is 0 Å². The Hall–Kier alpha value is -2.11. The zero-order valence-corrected chi connectivity index (χ0v) is 7.25. The Morgan fingerprint density at radius 2 is 2.57 bits per heavy atom. The van der Waals surface area contributed by atoms with Gasteiger partial charge in [0.2, 0.25) is 0 Å². The molecule has 72 valence electrons. The number of amides is 2. The molecule has 1 aliphatic heterocycles. The fourth-order valence-electron chi connectivity index (χ4n) is 0.976. The van der Waals surface area contributed by atoms with Crippen molar-refractivity contribution in [3.8, 4) is 0 Å². The number of anilines is 1. The summed E-state index contributed by atoms with van der Waals surface area (Å²) in [5, 5.41) is 6.10. The molecule has 0 aliphatic carbocycles. The van der Waals surface area contributed by atoms with Crippen molar-refractivity contribution in [2.75, 3.05) is 12.0 Å². The molecule has 1 N–H and O–H groups in total. The van der Waals surface area contributed by atoms with Crippen LogP contribution in [0.25, 0.3) is 0 Å². The molecule has 0 unspecified atom stereocenters. The summed E-state index contributed by atoms with van der Waals surface area (Å²) in [5.74, 6) is 0.387. The highest BCUT2D eigenvalue weighted by Gasteiger charge is 2.12. The van der Waals surface area contributed by atoms with E-state index in [2.05, 4.69) is 20.0 Å². The third-order valence-corrected chi connectivity index (χ3v) is 1.63. The number of nitrogens with zero attached hydrogens (tertiary/aromatic N) is 3. The molecule has 2 amide bonds. The van der Waals surface area contributed by atoms with Gasteiger partial charge in [0.15, 0.2) is 5.82 Å². The molecule has 2 rings (SSSR count). The fraction of sp³-hybridized carbons (Fsp3) is 0.125. The Kier molecular flexibility index (Phi) is 2.26. The van der Waals surface area contributed by atoms with Crippen molar-refractivity contribution in [2.24, 2.45) is 4.99 Å². The number of carbonyl (C=O) groups excluding carboxylic acids is 1. The lowest BCUT2D eigenvalue weighted by molar-refractivity contribution is 0.229. The van der Waals surface area contributed by atoms with Crippen LogP contribution in [-0.2, 0) is 0 Å². The number of carbonyl (C=O) groups is 1. The van der Waals surface area contributed by atoms with E-state index in [9.17, 15) is 4.79 Å². The maximum absolute atomic E-state index is 11.5. The molecule has 0 bridgehead atoms. The zero-order valence-electron chi connectivity index (χ0n) is 7.25. The second-order valence-electron chi connectivity index (χ2n) is 2.60. The third-order valence-electron chi connectivity index (χ3n) is 1.63. The smallest absolute Gasteiger partial charge is 0.328 e. The van der Waals surface area contributed by atoms with Crippen LogP contribution < -0.4 is 5.32 Å². The number of allylic oxidation sites excluding steroid dienone is 1. The van der Waals surface area contributed by atoms with Crippen LogP contribution in [0.1, 0.15) is 0 Å². The monoisotopic (exact) mass is 192 g/mol. The van der Waals surface area contributed by atoms with Gasteiger partial charge in [0, 0.05) is 18.5 Å². The number of aliphatic imine (C=N–C) groups is 1. The van der Waals surface area contributed by atoms with Gasteiger partial charge in [-0.05, 0) is 6.08 Å². The normalized spacial score (nSPS) is 14.4. The van der Waals surface area contributed by atoms with Crippen LogP contribution in [0, 0.1) is 0 Å². The molecular formula is C8H8N4O2. The van der Waals surface area contributed by atoms with E-state index < -0.39 is 0 Å². The van der Waals surface area contributed by atoms with E-state index in [1.807, 2.05) is 0 Å². The minimum absolute atomic E-state index is 0.285. The molecule has 0 atom stereocenters. The van der Waals surface area contributed by atoms with Gasteiger partial charge in [0.1, 0.15) is 12.9 Å². The van der Waals surface area contributed by atoms with Gasteiger partial charge in [-0.1, -0.05) is 5.16 Å². The molecule has 1 aliphatic rings. The van der Waals surface area contributed by atoms with E-state index in [0.29, 0.717) is 12.5 Å². The van der Waals surface area contributed by atoms with Gasteiger partial charge in [-0.2, -0.15) is 0 Å². The third kappa shape index (κ3) is 1.79. The number of hydrogen-bond donors (Lipinski definition) is 1. The first-order valence-electron chi connectivity index (χ1n) is 4.01. The van der Waals surface area contributed by atoms with E-state index in [4.69, 9.17) is 0 Å². The highest BCUT2D eigenvalue weighted by molar-refractivity contribution is 5.89. The molecule has 14 heavy (non-hydrogen) atoms. The van der Waals surface area contributed by atoms with Crippen molar-refractivity contribution in [1.82, 2.24) is 10.1 Å². The van der Waals surface area contributed by atoms with E-state index in [1.54, 1.807) is 24.6 Å². The van der Waals surface area contributed by atoms with E-state index in [-0.39, 0.29) is 6.03 Å². The summed E-state index contributed by atoms with van der Waals surface area (Å²) >= 11 is 0. The summed E-state index contributed by atoms with van der Waals surface area (Å²) in [5.41, 5.74) is 0. The molecule has 0 aromatic carbocycles. The molecule has 0 fully saturated rings. The average Bonchev–Trinajstić information content (AvgIpc) is 2.72. The molecule has 1 aromatic rings. The van der Waals surface area contributed by atoms with Crippen molar-refractivity contribution in [2.45, 2.75) is 0 Å². The second kappa shape index (κ2) is 3.73. The molecule has 6 heteroatoms. The maximum atomic E-state index is 11.5. The van der Waals surface area contributed by atoms with Crippen LogP contribution in [0.15, 0.2) is 34.1 Å². The van der Waals surface area contributed by atoms with E-state index in [1.165, 1.54) is 11.2 Å². The van der Waals surface area contributed by atoms with Crippen molar-refractivity contribution >= 4 is 18.1 Å². The van der Waals surface area contributed by atoms with Crippen molar-refractivity contribution in [3.05, 3.63) is 24.6 Å². The lowest BCUT2D eigenvalue weighted by Crippen LogP contribution is -2.31. The summed E-state index contributed by atoms with van der Waals surface area (Å²) in [6, 6.07) is 1.28. The lowest BCUT2D eigenvalue weighted by atomic mass is 10.5. The van der Waals surface area contributed by atoms with Crippen molar-refractivity contribution in [3.63, 3.8) is 0 Å². The number of aromatic nitrogens is 1. The van der Waals surface area contributed by atoms with Crippen LogP contribution in [0.4, 0.5) is 10.6 Å². The van der Waals surface area contributed by atoms with Crippen LogP contribution in [0.3, 0.4) is 0 Å². The van der Waals surface area contributed by atoms with Gasteiger partial charge >= 0.3 is 6.03 Å². The molecule has 0 saturated heterocycles. The van der Waals surface area contributed by atoms with Crippen LogP contribution in [0.5, 0.6) is 0 Å². The van der Waals surface area contributed by atoms with Crippen LogP contribution in [0.2, 0.25) is 0 Å². The first-order chi connectivity index (χ1) is 6.86. The van der Waals surface area contributed by atoms with E-state index >= 15 is 0 Å². The Morgan fingerprint density at radius 1 is 1.64 bits per heavy atom. The average molecular weight is 192 g/mol. The van der Waals surface area contributed by atoms with Gasteiger partial charge in [-0.15, -0.1) is 0 Å². The predicted molar refractivity (Wildman–Crippen MR) is 49.9 cm³/mol. The number of nitrogens with one attached hydrogen (secondary N) is 1. The Balaban J connectivity index is 1.96. The summed E-state index contributed by atoms with van der Waals surface area (Å²) in [7, 11) is 0. The Bertz CT molecular complexity index is 369. The summed E-state index contributed by atoms with van der Waals surface area (Å²) in [6.07, 6.45) is 6.36. The van der Waals surface area contributed by atoms with Crippen LogP contribution in [-0.4, -0.2) is 29.0 Å². The van der Waals surface area contributed by atoms with Crippen molar-refractivity contribution in [1.29, 1.82) is 0 Å². The summed E-state index contributed by atoms with van der Waals surface area (Å²) in [6.45, 7) is 0.320. The summed E-state index contributed by atoms with van der Waals surface area (Å²) in [4.78, 5) is 16.8. The SMILES string of the molecule is O=C(Nc1ccon1)N1C=CC=NC1. The molecule has 0 saturated carbocycles. The van der Waals surface area contributed by atoms with Gasteiger partial charge < -0.3 is 4.52 Å². The molecular weight excluding hydrogens is 184 g/mol. The molecule has 6 nitrogen and oxygen atoms in total. The minimum Gasteiger partial charge on any atom is -0.363 e.